The smallest absolute Gasteiger partial charge is 0.385 e. The van der Waals surface area contributed by atoms with Crippen LogP contribution in [-0.4, -0.2) is 51.8 Å². The highest BCUT2D eigenvalue weighted by Gasteiger charge is 2.43. The third-order valence-corrected chi connectivity index (χ3v) is 6.39. The number of rotatable bonds is 6. The summed E-state index contributed by atoms with van der Waals surface area (Å²) < 4.78 is 59.4. The highest BCUT2D eigenvalue weighted by molar-refractivity contribution is 5.82. The number of para-hydroxylation sites is 1. The third-order valence-electron chi connectivity index (χ3n) is 6.39. The van der Waals surface area contributed by atoms with E-state index in [-0.39, 0.29) is 24.2 Å². The van der Waals surface area contributed by atoms with Gasteiger partial charge in [0.15, 0.2) is 0 Å². The number of alkyl halides is 3. The number of piperazine rings is 1. The van der Waals surface area contributed by atoms with Gasteiger partial charge in [0.1, 0.15) is 5.82 Å². The summed E-state index contributed by atoms with van der Waals surface area (Å²) in [5.74, 6) is -1.10. The van der Waals surface area contributed by atoms with E-state index >= 15 is 0 Å². The number of ether oxygens (including phenoxy) is 1. The molecule has 0 spiro atoms. The predicted octanol–water partition coefficient (Wildman–Crippen LogP) is 3.86. The number of halogens is 4. The fourth-order valence-corrected chi connectivity index (χ4v) is 4.79. The molecule has 1 amide bonds. The number of carbonyl (C=O) groups excluding carboxylic acids is 1. The van der Waals surface area contributed by atoms with Gasteiger partial charge in [0.05, 0.1) is 23.2 Å². The van der Waals surface area contributed by atoms with Gasteiger partial charge in [-0.15, -0.1) is 0 Å². The van der Waals surface area contributed by atoms with E-state index < -0.39 is 17.7 Å². The summed E-state index contributed by atoms with van der Waals surface area (Å²) >= 11 is 0. The number of methoxy groups -OCH3 is 1. The van der Waals surface area contributed by atoms with Crippen molar-refractivity contribution in [1.29, 1.82) is 0 Å². The third kappa shape index (κ3) is 4.93. The van der Waals surface area contributed by atoms with Gasteiger partial charge in [-0.05, 0) is 48.7 Å². The Hall–Kier alpha value is -2.81. The molecule has 2 unspecified atom stereocenters. The minimum absolute atomic E-state index is 0.196. The van der Waals surface area contributed by atoms with Crippen LogP contribution in [0.4, 0.5) is 28.9 Å². The van der Waals surface area contributed by atoms with E-state index in [1.165, 1.54) is 12.1 Å². The van der Waals surface area contributed by atoms with E-state index in [0.29, 0.717) is 56.1 Å². The fraction of sp³-hybridized carbons (Fsp3) is 0.458. The molecule has 2 aromatic carbocycles. The molecule has 0 aromatic heterocycles. The molecular weight excluding hydrogens is 438 g/mol. The first-order chi connectivity index (χ1) is 15.8. The van der Waals surface area contributed by atoms with Crippen LogP contribution in [0.3, 0.4) is 0 Å². The standard InChI is InChI=1S/C24H27F4N3O2/c1-33-12-4-9-29-23(32)18-14-16-13-17(24(26,27)28)7-8-20(16)31-11-10-30(15-22(18)31)21-6-3-2-5-19(21)25/h2-3,5-8,13,18,22H,4,9-12,14-15H2,1H3,(H,29,32). The lowest BCUT2D eigenvalue weighted by molar-refractivity contribution is -0.137. The van der Waals surface area contributed by atoms with Crippen LogP contribution >= 0.6 is 0 Å². The quantitative estimate of drug-likeness (QED) is 0.520. The van der Waals surface area contributed by atoms with Gasteiger partial charge in [-0.2, -0.15) is 13.2 Å². The molecular formula is C24H27F4N3O2. The van der Waals surface area contributed by atoms with E-state index in [9.17, 15) is 22.4 Å². The first kappa shape index (κ1) is 23.4. The van der Waals surface area contributed by atoms with Crippen LogP contribution in [0.25, 0.3) is 0 Å². The minimum atomic E-state index is -4.45. The van der Waals surface area contributed by atoms with Crippen LogP contribution in [0.15, 0.2) is 42.5 Å². The van der Waals surface area contributed by atoms with Crippen molar-refractivity contribution in [3.8, 4) is 0 Å². The Morgan fingerprint density at radius 1 is 1.15 bits per heavy atom. The molecule has 178 valence electrons. The molecule has 0 saturated carbocycles. The van der Waals surface area contributed by atoms with E-state index in [4.69, 9.17) is 4.74 Å². The van der Waals surface area contributed by atoms with Gasteiger partial charge in [0.2, 0.25) is 5.91 Å². The van der Waals surface area contributed by atoms with Crippen molar-refractivity contribution < 1.29 is 27.1 Å². The summed E-state index contributed by atoms with van der Waals surface area (Å²) in [5.41, 5.74) is 0.973. The van der Waals surface area contributed by atoms with E-state index in [1.54, 1.807) is 25.3 Å². The Morgan fingerprint density at radius 2 is 1.94 bits per heavy atom. The van der Waals surface area contributed by atoms with Gasteiger partial charge < -0.3 is 19.9 Å². The van der Waals surface area contributed by atoms with Gasteiger partial charge in [0.25, 0.3) is 0 Å². The molecule has 1 fully saturated rings. The molecule has 2 aliphatic heterocycles. The number of anilines is 2. The normalized spacial score (nSPS) is 20.3. The molecule has 33 heavy (non-hydrogen) atoms. The molecule has 2 aliphatic rings. The van der Waals surface area contributed by atoms with Crippen molar-refractivity contribution in [3.63, 3.8) is 0 Å². The zero-order valence-electron chi connectivity index (χ0n) is 18.4. The summed E-state index contributed by atoms with van der Waals surface area (Å²) in [5, 5.41) is 2.90. The summed E-state index contributed by atoms with van der Waals surface area (Å²) in [4.78, 5) is 17.0. The van der Waals surface area contributed by atoms with Crippen molar-refractivity contribution in [2.75, 3.05) is 49.7 Å². The SMILES string of the molecule is COCCCNC(=O)C1Cc2cc(C(F)(F)F)ccc2N2CCN(c3ccccc3F)CC12. The molecule has 0 radical (unpaired) electrons. The number of fused-ring (bicyclic) bond motifs is 3. The molecule has 5 nitrogen and oxygen atoms in total. The Morgan fingerprint density at radius 3 is 2.67 bits per heavy atom. The Bertz CT molecular complexity index is 998. The number of nitrogens with one attached hydrogen (secondary N) is 1. The first-order valence-corrected chi connectivity index (χ1v) is 11.0. The van der Waals surface area contributed by atoms with Gasteiger partial charge >= 0.3 is 6.18 Å². The van der Waals surface area contributed by atoms with Crippen molar-refractivity contribution in [2.45, 2.75) is 25.1 Å². The van der Waals surface area contributed by atoms with Crippen LogP contribution in [0, 0.1) is 11.7 Å². The average Bonchev–Trinajstić information content (AvgIpc) is 2.80. The Labute approximate surface area is 190 Å². The second kappa shape index (κ2) is 9.59. The number of nitrogens with zero attached hydrogens (tertiary/aromatic N) is 2. The van der Waals surface area contributed by atoms with Crippen LogP contribution in [0.5, 0.6) is 0 Å². The largest absolute Gasteiger partial charge is 0.416 e. The predicted molar refractivity (Wildman–Crippen MR) is 118 cm³/mol. The van der Waals surface area contributed by atoms with Gasteiger partial charge in [0, 0.05) is 45.6 Å². The van der Waals surface area contributed by atoms with Crippen molar-refractivity contribution >= 4 is 17.3 Å². The van der Waals surface area contributed by atoms with E-state index in [0.717, 1.165) is 12.1 Å². The van der Waals surface area contributed by atoms with E-state index in [1.807, 2.05) is 9.80 Å². The molecule has 2 atom stereocenters. The lowest BCUT2D eigenvalue weighted by Crippen LogP contribution is -2.61. The number of hydrogen-bond acceptors (Lipinski definition) is 4. The molecule has 1 saturated heterocycles. The lowest BCUT2D eigenvalue weighted by atomic mass is 9.82. The molecule has 1 N–H and O–H groups in total. The highest BCUT2D eigenvalue weighted by atomic mass is 19.4. The molecule has 0 bridgehead atoms. The zero-order chi connectivity index (χ0) is 23.6. The van der Waals surface area contributed by atoms with Crippen LogP contribution in [0.2, 0.25) is 0 Å². The number of amides is 1. The summed E-state index contributed by atoms with van der Waals surface area (Å²) in [7, 11) is 1.58. The van der Waals surface area contributed by atoms with Crippen molar-refractivity contribution in [1.82, 2.24) is 5.32 Å². The maximum Gasteiger partial charge on any atom is 0.416 e. The molecule has 2 heterocycles. The average molecular weight is 465 g/mol. The van der Waals surface area contributed by atoms with E-state index in [2.05, 4.69) is 5.32 Å². The highest BCUT2D eigenvalue weighted by Crippen LogP contribution is 2.40. The Kier molecular flexibility index (Phi) is 6.78. The molecule has 4 rings (SSSR count). The fourth-order valence-electron chi connectivity index (χ4n) is 4.79. The van der Waals surface area contributed by atoms with Gasteiger partial charge in [-0.1, -0.05) is 12.1 Å². The minimum Gasteiger partial charge on any atom is -0.385 e. The van der Waals surface area contributed by atoms with Crippen LogP contribution in [0.1, 0.15) is 17.5 Å². The second-order valence-corrected chi connectivity index (χ2v) is 8.45. The number of carbonyl (C=O) groups is 1. The monoisotopic (exact) mass is 465 g/mol. The van der Waals surface area contributed by atoms with Crippen LogP contribution in [-0.2, 0) is 22.1 Å². The second-order valence-electron chi connectivity index (χ2n) is 8.45. The van der Waals surface area contributed by atoms with Crippen LogP contribution < -0.4 is 15.1 Å². The van der Waals surface area contributed by atoms with Gasteiger partial charge in [-0.3, -0.25) is 4.79 Å². The zero-order valence-corrected chi connectivity index (χ0v) is 18.4. The summed E-state index contributed by atoms with van der Waals surface area (Å²) in [6.45, 7) is 2.30. The first-order valence-electron chi connectivity index (χ1n) is 11.0. The maximum atomic E-state index is 14.4. The Balaban J connectivity index is 1.63. The summed E-state index contributed by atoms with van der Waals surface area (Å²) in [6, 6.07) is 9.94. The number of benzene rings is 2. The number of hydrogen-bond donors (Lipinski definition) is 1. The maximum absolute atomic E-state index is 14.4. The topological polar surface area (TPSA) is 44.8 Å². The van der Waals surface area contributed by atoms with Crippen molar-refractivity contribution in [2.24, 2.45) is 5.92 Å². The molecule has 0 aliphatic carbocycles. The summed E-state index contributed by atoms with van der Waals surface area (Å²) in [6.07, 6.45) is -3.62. The van der Waals surface area contributed by atoms with Gasteiger partial charge in [-0.25, -0.2) is 4.39 Å². The van der Waals surface area contributed by atoms with Crippen molar-refractivity contribution in [3.05, 3.63) is 59.4 Å². The lowest BCUT2D eigenvalue weighted by Gasteiger charge is -2.49. The molecule has 2 aromatic rings. The molecule has 9 heteroatoms.